The lowest BCUT2D eigenvalue weighted by Crippen LogP contribution is -2.22. The molecule has 11 heteroatoms. The van der Waals surface area contributed by atoms with Crippen molar-refractivity contribution in [2.24, 2.45) is 0 Å². The minimum absolute atomic E-state index is 0.0607. The first-order valence-electron chi connectivity index (χ1n) is 8.85. The summed E-state index contributed by atoms with van der Waals surface area (Å²) in [5.41, 5.74) is -2.48. The molecule has 3 aromatic rings. The minimum Gasteiger partial charge on any atom is -0.435 e. The first-order valence-corrected chi connectivity index (χ1v) is 9.25. The number of halogens is 5. The molecule has 1 atom stereocenters. The molecule has 0 aliphatic rings. The number of benzene rings is 1. The average molecular weight is 445 g/mol. The first kappa shape index (κ1) is 21.9. The van der Waals surface area contributed by atoms with E-state index < -0.39 is 29.3 Å². The van der Waals surface area contributed by atoms with E-state index in [-0.39, 0.29) is 33.5 Å². The Labute approximate surface area is 172 Å². The maximum absolute atomic E-state index is 13.8. The Hall–Kier alpha value is -2.82. The zero-order chi connectivity index (χ0) is 22.2. The van der Waals surface area contributed by atoms with Gasteiger partial charge in [-0.2, -0.15) is 22.0 Å². The Morgan fingerprint density at radius 1 is 1.27 bits per heavy atom. The summed E-state index contributed by atoms with van der Waals surface area (Å²) in [5, 5.41) is -0.639. The van der Waals surface area contributed by atoms with Gasteiger partial charge in [0.1, 0.15) is 11.4 Å². The molecular formula is C19H16F5N3O2S. The summed E-state index contributed by atoms with van der Waals surface area (Å²) in [5.74, 6) is -0.234. The van der Waals surface area contributed by atoms with Crippen LogP contribution in [0.4, 0.5) is 22.0 Å². The molecular weight excluding hydrogens is 429 g/mol. The highest BCUT2D eigenvalue weighted by Gasteiger charge is 2.35. The molecule has 0 amide bonds. The predicted octanol–water partition coefficient (Wildman–Crippen LogP) is 5.71. The van der Waals surface area contributed by atoms with E-state index in [1.807, 2.05) is 6.92 Å². The van der Waals surface area contributed by atoms with E-state index >= 15 is 0 Å². The average Bonchev–Trinajstić information content (AvgIpc) is 2.65. The second-order valence-corrected chi connectivity index (χ2v) is 6.93. The van der Waals surface area contributed by atoms with Crippen molar-refractivity contribution in [3.63, 3.8) is 0 Å². The summed E-state index contributed by atoms with van der Waals surface area (Å²) in [4.78, 5) is 18.9. The fraction of sp³-hybridized carbons (Fsp3) is 0.316. The van der Waals surface area contributed by atoms with E-state index in [1.165, 1.54) is 22.8 Å². The monoisotopic (exact) mass is 445 g/mol. The lowest BCUT2D eigenvalue weighted by molar-refractivity contribution is -0.136. The van der Waals surface area contributed by atoms with E-state index in [0.29, 0.717) is 12.5 Å². The SMILES string of the molecule is CC[C@@H](C)n1c(=S)[nH]c(=O)c2c(C(F)(F)F)cc(-c3cccc(OC(F)F)c3)nc21. The van der Waals surface area contributed by atoms with Crippen LogP contribution in [0.15, 0.2) is 35.1 Å². The Balaban J connectivity index is 2.40. The number of rotatable bonds is 5. The van der Waals surface area contributed by atoms with Gasteiger partial charge >= 0.3 is 12.8 Å². The highest BCUT2D eigenvalue weighted by molar-refractivity contribution is 7.71. The maximum Gasteiger partial charge on any atom is 0.417 e. The Bertz CT molecular complexity index is 1200. The molecule has 1 N–H and O–H groups in total. The third-order valence-electron chi connectivity index (χ3n) is 4.59. The van der Waals surface area contributed by atoms with Crippen LogP contribution >= 0.6 is 12.2 Å². The van der Waals surface area contributed by atoms with Crippen LogP contribution in [-0.4, -0.2) is 21.1 Å². The number of aromatic amines is 1. The van der Waals surface area contributed by atoms with E-state index in [0.717, 1.165) is 6.07 Å². The van der Waals surface area contributed by atoms with Crippen molar-refractivity contribution in [2.75, 3.05) is 0 Å². The number of alkyl halides is 5. The molecule has 0 spiro atoms. The summed E-state index contributed by atoms with van der Waals surface area (Å²) >= 11 is 5.16. The van der Waals surface area contributed by atoms with Gasteiger partial charge in [-0.05, 0) is 43.8 Å². The molecule has 3 rings (SSSR count). The summed E-state index contributed by atoms with van der Waals surface area (Å²) < 4.78 is 72.1. The van der Waals surface area contributed by atoms with Gasteiger partial charge in [0.25, 0.3) is 5.56 Å². The first-order chi connectivity index (χ1) is 14.0. The molecule has 2 heterocycles. The molecule has 0 aliphatic heterocycles. The van der Waals surface area contributed by atoms with E-state index in [4.69, 9.17) is 12.2 Å². The van der Waals surface area contributed by atoms with Crippen molar-refractivity contribution in [1.29, 1.82) is 0 Å². The zero-order valence-electron chi connectivity index (χ0n) is 15.8. The van der Waals surface area contributed by atoms with Gasteiger partial charge in [-0.25, -0.2) is 4.98 Å². The van der Waals surface area contributed by atoms with Crippen molar-refractivity contribution in [1.82, 2.24) is 14.5 Å². The molecule has 0 aliphatic carbocycles. The van der Waals surface area contributed by atoms with Gasteiger partial charge in [-0.3, -0.25) is 14.3 Å². The second kappa shape index (κ2) is 8.13. The van der Waals surface area contributed by atoms with Gasteiger partial charge in [0, 0.05) is 11.6 Å². The number of H-pyrrole nitrogens is 1. The van der Waals surface area contributed by atoms with Crippen LogP contribution in [0.25, 0.3) is 22.3 Å². The highest BCUT2D eigenvalue weighted by atomic mass is 32.1. The van der Waals surface area contributed by atoms with Crippen molar-refractivity contribution in [3.05, 3.63) is 51.0 Å². The lowest BCUT2D eigenvalue weighted by Gasteiger charge is -2.19. The van der Waals surface area contributed by atoms with Gasteiger partial charge in [0.15, 0.2) is 4.77 Å². The van der Waals surface area contributed by atoms with Crippen LogP contribution in [0, 0.1) is 4.77 Å². The van der Waals surface area contributed by atoms with Crippen LogP contribution in [0.5, 0.6) is 5.75 Å². The van der Waals surface area contributed by atoms with Crippen molar-refractivity contribution in [3.8, 4) is 17.0 Å². The van der Waals surface area contributed by atoms with Crippen LogP contribution in [0.1, 0.15) is 31.9 Å². The molecule has 0 radical (unpaired) electrons. The third-order valence-corrected chi connectivity index (χ3v) is 4.89. The summed E-state index contributed by atoms with van der Waals surface area (Å²) in [6.45, 7) is 0.444. The molecule has 0 unspecified atom stereocenters. The van der Waals surface area contributed by atoms with E-state index in [1.54, 1.807) is 6.92 Å². The fourth-order valence-electron chi connectivity index (χ4n) is 3.04. The van der Waals surface area contributed by atoms with Crippen molar-refractivity contribution in [2.45, 2.75) is 39.1 Å². The molecule has 30 heavy (non-hydrogen) atoms. The Morgan fingerprint density at radius 3 is 2.57 bits per heavy atom. The minimum atomic E-state index is -4.86. The third kappa shape index (κ3) is 4.20. The standard InChI is InChI=1S/C19H16F5N3O2S/c1-3-9(2)27-15-14(16(28)26-18(27)30)12(19(22,23)24)8-13(25-15)10-5-4-6-11(7-10)29-17(20)21/h4-9,17H,3H2,1-2H3,(H,26,28,30)/t9-/m1/s1. The summed E-state index contributed by atoms with van der Waals surface area (Å²) in [6.07, 6.45) is -4.35. The molecule has 0 saturated carbocycles. The van der Waals surface area contributed by atoms with Gasteiger partial charge in [-0.15, -0.1) is 0 Å². The Morgan fingerprint density at radius 2 is 1.97 bits per heavy atom. The smallest absolute Gasteiger partial charge is 0.417 e. The largest absolute Gasteiger partial charge is 0.435 e. The zero-order valence-corrected chi connectivity index (χ0v) is 16.6. The van der Waals surface area contributed by atoms with Crippen molar-refractivity contribution < 1.29 is 26.7 Å². The molecule has 160 valence electrons. The van der Waals surface area contributed by atoms with Gasteiger partial charge in [-0.1, -0.05) is 19.1 Å². The van der Waals surface area contributed by atoms with Crippen LogP contribution in [0.3, 0.4) is 0 Å². The topological polar surface area (TPSA) is 59.9 Å². The Kier molecular flexibility index (Phi) is 5.93. The van der Waals surface area contributed by atoms with Crippen LogP contribution in [0.2, 0.25) is 0 Å². The molecule has 2 aromatic heterocycles. The number of nitrogens with one attached hydrogen (secondary N) is 1. The quantitative estimate of drug-likeness (QED) is 0.404. The maximum atomic E-state index is 13.8. The molecule has 0 bridgehead atoms. The fourth-order valence-corrected chi connectivity index (χ4v) is 3.40. The van der Waals surface area contributed by atoms with Crippen LogP contribution in [-0.2, 0) is 6.18 Å². The molecule has 1 aromatic carbocycles. The van der Waals surface area contributed by atoms with Crippen LogP contribution < -0.4 is 10.3 Å². The van der Waals surface area contributed by atoms with E-state index in [2.05, 4.69) is 14.7 Å². The molecule has 5 nitrogen and oxygen atoms in total. The summed E-state index contributed by atoms with van der Waals surface area (Å²) in [7, 11) is 0. The predicted molar refractivity (Wildman–Crippen MR) is 103 cm³/mol. The molecule has 0 saturated heterocycles. The molecule has 0 fully saturated rings. The normalized spacial score (nSPS) is 13.1. The lowest BCUT2D eigenvalue weighted by atomic mass is 10.1. The number of hydrogen-bond acceptors (Lipinski definition) is 4. The number of ether oxygens (including phenoxy) is 1. The number of aromatic nitrogens is 3. The number of nitrogens with zero attached hydrogens (tertiary/aromatic N) is 2. The second-order valence-electron chi connectivity index (χ2n) is 6.54. The number of fused-ring (bicyclic) bond motifs is 1. The van der Waals surface area contributed by atoms with E-state index in [9.17, 15) is 26.7 Å². The van der Waals surface area contributed by atoms with Gasteiger partial charge in [0.2, 0.25) is 0 Å². The van der Waals surface area contributed by atoms with Gasteiger partial charge in [0.05, 0.1) is 16.6 Å². The number of hydrogen-bond donors (Lipinski definition) is 1. The summed E-state index contributed by atoms with van der Waals surface area (Å²) in [6, 6.07) is 5.51. The number of pyridine rings is 1. The highest BCUT2D eigenvalue weighted by Crippen LogP contribution is 2.36. The van der Waals surface area contributed by atoms with Gasteiger partial charge < -0.3 is 4.74 Å². The van der Waals surface area contributed by atoms with Crippen molar-refractivity contribution >= 4 is 23.3 Å².